The molecular formula is C20H25NO5. The highest BCUT2D eigenvalue weighted by molar-refractivity contribution is 5.89. The Morgan fingerprint density at radius 1 is 1.35 bits per heavy atom. The number of nitrogens with zero attached hydrogens (tertiary/aromatic N) is 1. The van der Waals surface area contributed by atoms with Crippen molar-refractivity contribution in [2.24, 2.45) is 0 Å². The van der Waals surface area contributed by atoms with Gasteiger partial charge in [0.15, 0.2) is 0 Å². The van der Waals surface area contributed by atoms with Gasteiger partial charge in [-0.2, -0.15) is 0 Å². The van der Waals surface area contributed by atoms with Crippen molar-refractivity contribution in [3.8, 4) is 0 Å². The van der Waals surface area contributed by atoms with Crippen LogP contribution in [0.1, 0.15) is 42.9 Å². The van der Waals surface area contributed by atoms with Gasteiger partial charge in [0, 0.05) is 17.5 Å². The zero-order valence-corrected chi connectivity index (χ0v) is 15.4. The number of hydrogen-bond acceptors (Lipinski definition) is 4. The van der Waals surface area contributed by atoms with Crippen LogP contribution in [0, 0.1) is 6.92 Å². The Bertz CT molecular complexity index is 823. The number of fused-ring (bicyclic) bond motifs is 1. The molecular weight excluding hydrogens is 334 g/mol. The van der Waals surface area contributed by atoms with Crippen molar-refractivity contribution in [2.45, 2.75) is 45.6 Å². The van der Waals surface area contributed by atoms with Crippen LogP contribution >= 0.6 is 0 Å². The Kier molecular flexibility index (Phi) is 5.32. The predicted octanol–water partition coefficient (Wildman–Crippen LogP) is 3.11. The summed E-state index contributed by atoms with van der Waals surface area (Å²) in [6.07, 6.45) is 1.73. The molecule has 140 valence electrons. The molecule has 2 heterocycles. The van der Waals surface area contributed by atoms with Crippen molar-refractivity contribution < 1.29 is 23.8 Å². The second-order valence-corrected chi connectivity index (χ2v) is 7.21. The number of aryl methyl sites for hydroxylation is 1. The van der Waals surface area contributed by atoms with Crippen LogP contribution in [0.4, 0.5) is 0 Å². The minimum Gasteiger partial charge on any atom is -0.481 e. The number of amides is 1. The Balaban J connectivity index is 1.84. The van der Waals surface area contributed by atoms with Crippen molar-refractivity contribution in [1.82, 2.24) is 4.90 Å². The Morgan fingerprint density at radius 3 is 2.81 bits per heavy atom. The Hall–Kier alpha value is -2.34. The van der Waals surface area contributed by atoms with E-state index >= 15 is 0 Å². The number of aliphatic carboxylic acids is 1. The van der Waals surface area contributed by atoms with Crippen LogP contribution in [-0.2, 0) is 20.7 Å². The third-order valence-corrected chi connectivity index (χ3v) is 4.96. The first-order valence-electron chi connectivity index (χ1n) is 8.96. The molecule has 1 saturated heterocycles. The first-order chi connectivity index (χ1) is 12.4. The quantitative estimate of drug-likeness (QED) is 0.887. The maximum Gasteiger partial charge on any atom is 0.305 e. The van der Waals surface area contributed by atoms with Crippen LogP contribution in [-0.4, -0.2) is 47.7 Å². The first kappa shape index (κ1) is 18.5. The zero-order chi connectivity index (χ0) is 18.8. The highest BCUT2D eigenvalue weighted by atomic mass is 16.5. The Labute approximate surface area is 152 Å². The minimum atomic E-state index is -0.927. The van der Waals surface area contributed by atoms with E-state index in [9.17, 15) is 9.59 Å². The molecule has 1 atom stereocenters. The van der Waals surface area contributed by atoms with Crippen LogP contribution in [0.15, 0.2) is 22.8 Å². The van der Waals surface area contributed by atoms with Gasteiger partial charge in [-0.25, -0.2) is 0 Å². The molecule has 0 bridgehead atoms. The maximum atomic E-state index is 12.8. The minimum absolute atomic E-state index is 0.0890. The highest BCUT2D eigenvalue weighted by Crippen LogP contribution is 2.29. The molecule has 1 N–H and O–H groups in total. The zero-order valence-electron chi connectivity index (χ0n) is 15.4. The molecule has 3 rings (SSSR count). The molecule has 6 heteroatoms. The van der Waals surface area contributed by atoms with E-state index in [1.54, 1.807) is 11.2 Å². The van der Waals surface area contributed by atoms with Gasteiger partial charge in [-0.3, -0.25) is 9.59 Å². The van der Waals surface area contributed by atoms with E-state index in [-0.39, 0.29) is 25.4 Å². The van der Waals surface area contributed by atoms with E-state index in [4.69, 9.17) is 14.3 Å². The molecule has 26 heavy (non-hydrogen) atoms. The molecule has 1 unspecified atom stereocenters. The standard InChI is InChI=1S/C20H25NO5/c1-12(2)16-9-17-14(10-26-18(17)6-13(16)3)7-19(22)21-4-5-25-11-15(21)8-20(23)24/h6,9-10,12,15H,4-5,7-8,11H2,1-3H3,(H,23,24). The smallest absolute Gasteiger partial charge is 0.305 e. The number of carbonyl (C=O) groups is 2. The van der Waals surface area contributed by atoms with Gasteiger partial charge >= 0.3 is 5.97 Å². The van der Waals surface area contributed by atoms with Crippen LogP contribution in [0.5, 0.6) is 0 Å². The van der Waals surface area contributed by atoms with E-state index in [1.165, 1.54) is 11.1 Å². The number of carboxylic acids is 1. The highest BCUT2D eigenvalue weighted by Gasteiger charge is 2.29. The number of ether oxygens (including phenoxy) is 1. The summed E-state index contributed by atoms with van der Waals surface area (Å²) in [6, 6.07) is 3.70. The third-order valence-electron chi connectivity index (χ3n) is 4.96. The summed E-state index contributed by atoms with van der Waals surface area (Å²) in [7, 11) is 0. The lowest BCUT2D eigenvalue weighted by Gasteiger charge is -2.34. The van der Waals surface area contributed by atoms with Crippen molar-refractivity contribution in [2.75, 3.05) is 19.8 Å². The SMILES string of the molecule is Cc1cc2occ(CC(=O)N3CCOCC3CC(=O)O)c2cc1C(C)C. The lowest BCUT2D eigenvalue weighted by Crippen LogP contribution is -2.50. The summed E-state index contributed by atoms with van der Waals surface area (Å²) >= 11 is 0. The van der Waals surface area contributed by atoms with Gasteiger partial charge in [0.1, 0.15) is 5.58 Å². The second kappa shape index (κ2) is 7.50. The molecule has 1 aliphatic rings. The number of benzene rings is 1. The summed E-state index contributed by atoms with van der Waals surface area (Å²) < 4.78 is 11.0. The first-order valence-corrected chi connectivity index (χ1v) is 8.96. The van der Waals surface area contributed by atoms with Crippen molar-refractivity contribution >= 4 is 22.8 Å². The number of rotatable bonds is 5. The van der Waals surface area contributed by atoms with Gasteiger partial charge in [-0.15, -0.1) is 0 Å². The maximum absolute atomic E-state index is 12.8. The van der Waals surface area contributed by atoms with Crippen LogP contribution in [0.2, 0.25) is 0 Å². The summed E-state index contributed by atoms with van der Waals surface area (Å²) in [5, 5.41) is 10.0. The number of carbonyl (C=O) groups excluding carboxylic acids is 1. The number of carboxylic acid groups (broad SMARTS) is 1. The Morgan fingerprint density at radius 2 is 2.12 bits per heavy atom. The van der Waals surface area contributed by atoms with E-state index < -0.39 is 12.0 Å². The molecule has 1 aliphatic heterocycles. The van der Waals surface area contributed by atoms with Crippen LogP contribution in [0.25, 0.3) is 11.0 Å². The molecule has 2 aromatic rings. The fraction of sp³-hybridized carbons (Fsp3) is 0.500. The van der Waals surface area contributed by atoms with Gasteiger partial charge < -0.3 is 19.2 Å². The van der Waals surface area contributed by atoms with E-state index in [2.05, 4.69) is 26.8 Å². The van der Waals surface area contributed by atoms with Gasteiger partial charge in [0.2, 0.25) is 5.91 Å². The lowest BCUT2D eigenvalue weighted by atomic mass is 9.95. The van der Waals surface area contributed by atoms with Crippen LogP contribution < -0.4 is 0 Å². The topological polar surface area (TPSA) is 80.0 Å². The van der Waals surface area contributed by atoms with Gasteiger partial charge in [-0.05, 0) is 36.1 Å². The average Bonchev–Trinajstić information content (AvgIpc) is 2.95. The molecule has 0 saturated carbocycles. The summed E-state index contributed by atoms with van der Waals surface area (Å²) in [5.41, 5.74) is 4.03. The largest absolute Gasteiger partial charge is 0.481 e. The van der Waals surface area contributed by atoms with E-state index in [1.807, 2.05) is 6.07 Å². The summed E-state index contributed by atoms with van der Waals surface area (Å²) in [5.74, 6) is -0.630. The average molecular weight is 359 g/mol. The van der Waals surface area contributed by atoms with Crippen molar-refractivity contribution in [1.29, 1.82) is 0 Å². The van der Waals surface area contributed by atoms with Gasteiger partial charge in [-0.1, -0.05) is 13.8 Å². The molecule has 0 aliphatic carbocycles. The molecule has 1 aromatic carbocycles. The van der Waals surface area contributed by atoms with E-state index in [0.29, 0.717) is 19.1 Å². The van der Waals surface area contributed by atoms with Crippen molar-refractivity contribution in [3.63, 3.8) is 0 Å². The third kappa shape index (κ3) is 3.75. The fourth-order valence-corrected chi connectivity index (χ4v) is 3.62. The van der Waals surface area contributed by atoms with Crippen molar-refractivity contribution in [3.05, 3.63) is 35.1 Å². The predicted molar refractivity (Wildman–Crippen MR) is 97.3 cm³/mol. The lowest BCUT2D eigenvalue weighted by molar-refractivity contribution is -0.145. The molecule has 1 amide bonds. The molecule has 0 radical (unpaired) electrons. The summed E-state index contributed by atoms with van der Waals surface area (Å²) in [4.78, 5) is 25.5. The second-order valence-electron chi connectivity index (χ2n) is 7.21. The monoisotopic (exact) mass is 359 g/mol. The summed E-state index contributed by atoms with van der Waals surface area (Å²) in [6.45, 7) is 7.47. The van der Waals surface area contributed by atoms with E-state index in [0.717, 1.165) is 16.5 Å². The normalized spacial score (nSPS) is 17.8. The molecule has 6 nitrogen and oxygen atoms in total. The van der Waals surface area contributed by atoms with Crippen LogP contribution in [0.3, 0.4) is 0 Å². The molecule has 0 spiro atoms. The number of morpholine rings is 1. The number of furan rings is 1. The fourth-order valence-electron chi connectivity index (χ4n) is 3.62. The molecule has 1 fully saturated rings. The van der Waals surface area contributed by atoms with Gasteiger partial charge in [0.05, 0.1) is 38.4 Å². The van der Waals surface area contributed by atoms with Gasteiger partial charge in [0.25, 0.3) is 0 Å². The number of hydrogen-bond donors (Lipinski definition) is 1. The molecule has 1 aromatic heterocycles.